The Morgan fingerprint density at radius 2 is 1.68 bits per heavy atom. The molecular formula is C33H40N2O2. The Hall–Kier alpha value is -3.11. The minimum absolute atomic E-state index is 0.197. The van der Waals surface area contributed by atoms with Gasteiger partial charge in [-0.25, -0.2) is 0 Å². The number of amides is 1. The van der Waals surface area contributed by atoms with Gasteiger partial charge in [-0.3, -0.25) is 9.69 Å². The fourth-order valence-electron chi connectivity index (χ4n) is 6.45. The second kappa shape index (κ2) is 12.0. The van der Waals surface area contributed by atoms with Gasteiger partial charge in [-0.15, -0.1) is 0 Å². The summed E-state index contributed by atoms with van der Waals surface area (Å²) < 4.78 is 5.47. The highest BCUT2D eigenvalue weighted by molar-refractivity contribution is 5.94. The number of nitrogens with zero attached hydrogens (tertiary/aromatic N) is 2. The van der Waals surface area contributed by atoms with Crippen LogP contribution >= 0.6 is 0 Å². The zero-order chi connectivity index (χ0) is 25.6. The van der Waals surface area contributed by atoms with Crippen LogP contribution < -0.4 is 4.74 Å². The van der Waals surface area contributed by atoms with Crippen molar-refractivity contribution in [1.82, 2.24) is 9.80 Å². The molecule has 4 heteroatoms. The average molecular weight is 497 g/mol. The summed E-state index contributed by atoms with van der Waals surface area (Å²) in [6.45, 7) is 5.93. The lowest BCUT2D eigenvalue weighted by Gasteiger charge is -2.37. The lowest BCUT2D eigenvalue weighted by atomic mass is 9.85. The van der Waals surface area contributed by atoms with E-state index in [-0.39, 0.29) is 5.91 Å². The molecule has 1 saturated heterocycles. The predicted molar refractivity (Wildman–Crippen MR) is 150 cm³/mol. The Labute approximate surface area is 222 Å². The van der Waals surface area contributed by atoms with Gasteiger partial charge in [0.15, 0.2) is 0 Å². The van der Waals surface area contributed by atoms with Crippen molar-refractivity contribution in [3.63, 3.8) is 0 Å². The maximum atomic E-state index is 13.9. The molecule has 3 aromatic carbocycles. The quantitative estimate of drug-likeness (QED) is 0.348. The number of benzene rings is 3. The van der Waals surface area contributed by atoms with Crippen LogP contribution in [0, 0.1) is 12.8 Å². The molecule has 37 heavy (non-hydrogen) atoms. The molecule has 1 heterocycles. The first-order valence-electron chi connectivity index (χ1n) is 13.9. The van der Waals surface area contributed by atoms with Crippen molar-refractivity contribution >= 4 is 5.91 Å². The summed E-state index contributed by atoms with van der Waals surface area (Å²) >= 11 is 0. The number of hydrogen-bond acceptors (Lipinski definition) is 3. The monoisotopic (exact) mass is 496 g/mol. The topological polar surface area (TPSA) is 32.8 Å². The number of rotatable bonds is 8. The molecule has 1 aliphatic carbocycles. The van der Waals surface area contributed by atoms with E-state index >= 15 is 0 Å². The van der Waals surface area contributed by atoms with Crippen LogP contribution in [0.25, 0.3) is 0 Å². The molecule has 3 aromatic rings. The molecular weight excluding hydrogens is 456 g/mol. The summed E-state index contributed by atoms with van der Waals surface area (Å²) in [5.74, 6) is 1.89. The maximum absolute atomic E-state index is 13.9. The number of methoxy groups -OCH3 is 1. The van der Waals surface area contributed by atoms with E-state index in [0.717, 1.165) is 50.3 Å². The first-order valence-corrected chi connectivity index (χ1v) is 13.9. The van der Waals surface area contributed by atoms with E-state index in [1.807, 2.05) is 36.4 Å². The molecule has 4 nitrogen and oxygen atoms in total. The highest BCUT2D eigenvalue weighted by atomic mass is 16.5. The Morgan fingerprint density at radius 1 is 0.919 bits per heavy atom. The molecule has 0 aromatic heterocycles. The molecule has 5 rings (SSSR count). The smallest absolute Gasteiger partial charge is 0.254 e. The number of likely N-dealkylation sites (tertiary alicyclic amines) is 1. The van der Waals surface area contributed by atoms with E-state index in [2.05, 4.69) is 59.2 Å². The highest BCUT2D eigenvalue weighted by Crippen LogP contribution is 2.37. The zero-order valence-corrected chi connectivity index (χ0v) is 22.3. The molecule has 0 radical (unpaired) electrons. The van der Waals surface area contributed by atoms with Crippen molar-refractivity contribution in [1.29, 1.82) is 0 Å². The van der Waals surface area contributed by atoms with Crippen molar-refractivity contribution in [2.45, 2.75) is 57.5 Å². The molecule has 0 spiro atoms. The SMILES string of the molecule is COc1cccc(CN2CC(CN(C(=O)c3ccccc3)C3CCCCC3)C(c3ccccc3C)C2)c1. The van der Waals surface area contributed by atoms with Crippen LogP contribution in [0.3, 0.4) is 0 Å². The van der Waals surface area contributed by atoms with E-state index in [1.54, 1.807) is 7.11 Å². The third kappa shape index (κ3) is 6.07. The summed E-state index contributed by atoms with van der Waals surface area (Å²) in [6.07, 6.45) is 5.96. The van der Waals surface area contributed by atoms with Gasteiger partial charge in [-0.1, -0.05) is 73.9 Å². The molecule has 1 saturated carbocycles. The van der Waals surface area contributed by atoms with Gasteiger partial charge in [0.2, 0.25) is 0 Å². The van der Waals surface area contributed by atoms with Crippen LogP contribution in [0.4, 0.5) is 0 Å². The molecule has 2 atom stereocenters. The standard InChI is InChI=1S/C33H40N2O2/c1-25-12-9-10-19-31(25)32-24-34(21-26-13-11-18-30(20-26)37-2)22-28(32)23-35(29-16-7-4-8-17-29)33(36)27-14-5-3-6-15-27/h3,5-6,9-15,18-20,28-29,32H,4,7-8,16-17,21-24H2,1-2H3. The third-order valence-corrected chi connectivity index (χ3v) is 8.37. The van der Waals surface area contributed by atoms with E-state index in [9.17, 15) is 4.79 Å². The van der Waals surface area contributed by atoms with Crippen molar-refractivity contribution in [2.75, 3.05) is 26.7 Å². The predicted octanol–water partition coefficient (Wildman–Crippen LogP) is 6.69. The van der Waals surface area contributed by atoms with Crippen molar-refractivity contribution in [2.24, 2.45) is 5.92 Å². The van der Waals surface area contributed by atoms with Crippen molar-refractivity contribution < 1.29 is 9.53 Å². The summed E-state index contributed by atoms with van der Waals surface area (Å²) in [5.41, 5.74) is 4.86. The van der Waals surface area contributed by atoms with Gasteiger partial charge in [-0.05, 0) is 66.6 Å². The van der Waals surface area contributed by atoms with Gasteiger partial charge < -0.3 is 9.64 Å². The van der Waals surface area contributed by atoms with E-state index in [4.69, 9.17) is 4.74 Å². The number of aryl methyl sites for hydroxylation is 1. The fraction of sp³-hybridized carbons (Fsp3) is 0.424. The fourth-order valence-corrected chi connectivity index (χ4v) is 6.45. The molecule has 0 N–H and O–H groups in total. The second-order valence-electron chi connectivity index (χ2n) is 10.9. The molecule has 1 amide bonds. The number of carbonyl (C=O) groups is 1. The molecule has 2 unspecified atom stereocenters. The summed E-state index contributed by atoms with van der Waals surface area (Å²) in [4.78, 5) is 18.7. The molecule has 2 aliphatic rings. The van der Waals surface area contributed by atoms with Crippen LogP contribution in [-0.2, 0) is 6.54 Å². The Kier molecular flexibility index (Phi) is 8.25. The first-order chi connectivity index (χ1) is 18.1. The Balaban J connectivity index is 1.42. The molecule has 2 fully saturated rings. The van der Waals surface area contributed by atoms with Gasteiger partial charge >= 0.3 is 0 Å². The maximum Gasteiger partial charge on any atom is 0.254 e. The molecule has 0 bridgehead atoms. The molecule has 194 valence electrons. The van der Waals surface area contributed by atoms with Crippen LogP contribution in [-0.4, -0.2) is 48.5 Å². The van der Waals surface area contributed by atoms with Gasteiger partial charge in [0.05, 0.1) is 7.11 Å². The minimum atomic E-state index is 0.197. The largest absolute Gasteiger partial charge is 0.497 e. The first kappa shape index (κ1) is 25.5. The number of hydrogen-bond donors (Lipinski definition) is 0. The van der Waals surface area contributed by atoms with Gasteiger partial charge in [0, 0.05) is 43.7 Å². The van der Waals surface area contributed by atoms with Crippen LogP contribution in [0.1, 0.15) is 65.1 Å². The van der Waals surface area contributed by atoms with Gasteiger partial charge in [-0.2, -0.15) is 0 Å². The van der Waals surface area contributed by atoms with Crippen LogP contribution in [0.5, 0.6) is 5.75 Å². The molecule has 1 aliphatic heterocycles. The lowest BCUT2D eigenvalue weighted by molar-refractivity contribution is 0.0588. The van der Waals surface area contributed by atoms with E-state index in [0.29, 0.717) is 17.9 Å². The van der Waals surface area contributed by atoms with Crippen LogP contribution in [0.2, 0.25) is 0 Å². The number of ether oxygens (including phenoxy) is 1. The van der Waals surface area contributed by atoms with Crippen molar-refractivity contribution in [3.8, 4) is 5.75 Å². The third-order valence-electron chi connectivity index (χ3n) is 8.37. The summed E-state index contributed by atoms with van der Waals surface area (Å²) in [5, 5.41) is 0. The lowest BCUT2D eigenvalue weighted by Crippen LogP contribution is -2.45. The van der Waals surface area contributed by atoms with Gasteiger partial charge in [0.25, 0.3) is 5.91 Å². The Morgan fingerprint density at radius 3 is 2.43 bits per heavy atom. The van der Waals surface area contributed by atoms with E-state index in [1.165, 1.54) is 36.0 Å². The van der Waals surface area contributed by atoms with Crippen molar-refractivity contribution in [3.05, 3.63) is 101 Å². The minimum Gasteiger partial charge on any atom is -0.497 e. The Bertz CT molecular complexity index is 1170. The zero-order valence-electron chi connectivity index (χ0n) is 22.3. The average Bonchev–Trinajstić information content (AvgIpc) is 3.34. The second-order valence-corrected chi connectivity index (χ2v) is 10.9. The summed E-state index contributed by atoms with van der Waals surface area (Å²) in [6, 6.07) is 27.5. The normalized spacial score (nSPS) is 20.6. The highest BCUT2D eigenvalue weighted by Gasteiger charge is 2.38. The van der Waals surface area contributed by atoms with Crippen LogP contribution in [0.15, 0.2) is 78.9 Å². The van der Waals surface area contributed by atoms with Gasteiger partial charge in [0.1, 0.15) is 5.75 Å². The number of carbonyl (C=O) groups excluding carboxylic acids is 1. The summed E-state index contributed by atoms with van der Waals surface area (Å²) in [7, 11) is 1.73. The van der Waals surface area contributed by atoms with E-state index < -0.39 is 0 Å².